The number of aryl methyl sites for hydroxylation is 2. The number of guanidine groups is 1. The van der Waals surface area contributed by atoms with Crippen LogP contribution >= 0.6 is 0 Å². The van der Waals surface area contributed by atoms with Crippen molar-refractivity contribution in [3.63, 3.8) is 0 Å². The highest BCUT2D eigenvalue weighted by Crippen LogP contribution is 2.17. The number of aromatic nitrogens is 1. The SMILES string of the molecule is CN=C(NCCOc1ccc(F)cc1F)NCc1nc(C)c(C)o1. The van der Waals surface area contributed by atoms with Gasteiger partial charge in [-0.25, -0.2) is 13.8 Å². The highest BCUT2D eigenvalue weighted by Gasteiger charge is 2.07. The maximum Gasteiger partial charge on any atom is 0.214 e. The van der Waals surface area contributed by atoms with Gasteiger partial charge in [0.15, 0.2) is 17.5 Å². The summed E-state index contributed by atoms with van der Waals surface area (Å²) in [5.41, 5.74) is 0.851. The van der Waals surface area contributed by atoms with Crippen molar-refractivity contribution in [1.29, 1.82) is 0 Å². The molecule has 1 aromatic carbocycles. The first-order valence-corrected chi connectivity index (χ1v) is 7.45. The van der Waals surface area contributed by atoms with Crippen molar-refractivity contribution in [2.45, 2.75) is 20.4 Å². The Morgan fingerprint density at radius 1 is 1.29 bits per heavy atom. The molecule has 0 radical (unpaired) electrons. The second-order valence-corrected chi connectivity index (χ2v) is 5.02. The lowest BCUT2D eigenvalue weighted by Gasteiger charge is -2.11. The summed E-state index contributed by atoms with van der Waals surface area (Å²) in [6.07, 6.45) is 0. The molecule has 0 fully saturated rings. The Hall–Kier alpha value is -2.64. The average Bonchev–Trinajstić information content (AvgIpc) is 2.86. The van der Waals surface area contributed by atoms with Gasteiger partial charge in [0.05, 0.1) is 18.8 Å². The zero-order valence-electron chi connectivity index (χ0n) is 13.8. The zero-order chi connectivity index (χ0) is 17.5. The first-order valence-electron chi connectivity index (χ1n) is 7.45. The normalized spacial score (nSPS) is 11.5. The smallest absolute Gasteiger partial charge is 0.214 e. The van der Waals surface area contributed by atoms with E-state index in [-0.39, 0.29) is 12.4 Å². The van der Waals surface area contributed by atoms with Crippen LogP contribution in [0.4, 0.5) is 8.78 Å². The average molecular weight is 338 g/mol. The second-order valence-electron chi connectivity index (χ2n) is 5.02. The number of ether oxygens (including phenoxy) is 1. The summed E-state index contributed by atoms with van der Waals surface area (Å²) in [5, 5.41) is 6.06. The van der Waals surface area contributed by atoms with E-state index in [4.69, 9.17) is 9.15 Å². The summed E-state index contributed by atoms with van der Waals surface area (Å²) >= 11 is 0. The topological polar surface area (TPSA) is 71.7 Å². The van der Waals surface area contributed by atoms with Gasteiger partial charge in [0, 0.05) is 13.1 Å². The van der Waals surface area contributed by atoms with Crippen molar-refractivity contribution in [2.75, 3.05) is 20.2 Å². The molecule has 2 rings (SSSR count). The Balaban J connectivity index is 1.73. The van der Waals surface area contributed by atoms with Crippen molar-refractivity contribution >= 4 is 5.96 Å². The highest BCUT2D eigenvalue weighted by atomic mass is 19.1. The molecule has 0 aliphatic rings. The van der Waals surface area contributed by atoms with E-state index < -0.39 is 11.6 Å². The van der Waals surface area contributed by atoms with Gasteiger partial charge in [-0.2, -0.15) is 0 Å². The molecule has 0 aliphatic heterocycles. The van der Waals surface area contributed by atoms with Gasteiger partial charge in [-0.3, -0.25) is 4.99 Å². The molecule has 0 saturated carbocycles. The fourth-order valence-electron chi connectivity index (χ4n) is 1.92. The molecule has 0 saturated heterocycles. The van der Waals surface area contributed by atoms with E-state index in [1.807, 2.05) is 13.8 Å². The molecule has 2 aromatic rings. The minimum absolute atomic E-state index is 0.00637. The summed E-state index contributed by atoms with van der Waals surface area (Å²) in [5.74, 6) is 0.521. The van der Waals surface area contributed by atoms with Crippen LogP contribution in [0, 0.1) is 25.5 Å². The highest BCUT2D eigenvalue weighted by molar-refractivity contribution is 5.79. The molecule has 0 aliphatic carbocycles. The molecule has 1 heterocycles. The third kappa shape index (κ3) is 4.94. The van der Waals surface area contributed by atoms with E-state index >= 15 is 0 Å². The Morgan fingerprint density at radius 3 is 2.71 bits per heavy atom. The van der Waals surface area contributed by atoms with E-state index in [9.17, 15) is 8.78 Å². The van der Waals surface area contributed by atoms with E-state index in [1.54, 1.807) is 7.05 Å². The van der Waals surface area contributed by atoms with Crippen molar-refractivity contribution in [3.05, 3.63) is 47.2 Å². The maximum atomic E-state index is 13.4. The standard InChI is InChI=1S/C16H20F2N4O2/c1-10-11(2)24-15(22-10)9-21-16(19-3)20-6-7-23-14-5-4-12(17)8-13(14)18/h4-5,8H,6-7,9H2,1-3H3,(H2,19,20,21). The van der Waals surface area contributed by atoms with Crippen LogP contribution in [0.1, 0.15) is 17.3 Å². The van der Waals surface area contributed by atoms with E-state index in [0.29, 0.717) is 24.9 Å². The van der Waals surface area contributed by atoms with E-state index in [1.165, 1.54) is 6.07 Å². The van der Waals surface area contributed by atoms with Gasteiger partial charge in [-0.15, -0.1) is 0 Å². The van der Waals surface area contributed by atoms with Crippen molar-refractivity contribution in [1.82, 2.24) is 15.6 Å². The Kier molecular flexibility index (Phi) is 6.11. The molecule has 130 valence electrons. The van der Waals surface area contributed by atoms with Gasteiger partial charge in [-0.05, 0) is 26.0 Å². The van der Waals surface area contributed by atoms with E-state index in [0.717, 1.165) is 23.6 Å². The fourth-order valence-corrected chi connectivity index (χ4v) is 1.92. The molecule has 8 heteroatoms. The largest absolute Gasteiger partial charge is 0.489 e. The van der Waals surface area contributed by atoms with Crippen molar-refractivity contribution < 1.29 is 17.9 Å². The van der Waals surface area contributed by atoms with Gasteiger partial charge < -0.3 is 19.8 Å². The van der Waals surface area contributed by atoms with Gasteiger partial charge in [0.1, 0.15) is 18.2 Å². The van der Waals surface area contributed by atoms with Crippen LogP contribution in [0.5, 0.6) is 5.75 Å². The molecule has 6 nitrogen and oxygen atoms in total. The Morgan fingerprint density at radius 2 is 2.08 bits per heavy atom. The quantitative estimate of drug-likeness (QED) is 0.480. The number of benzene rings is 1. The Labute approximate surface area is 138 Å². The van der Waals surface area contributed by atoms with Crippen LogP contribution in [0.25, 0.3) is 0 Å². The summed E-state index contributed by atoms with van der Waals surface area (Å²) in [7, 11) is 1.63. The minimum Gasteiger partial charge on any atom is -0.489 e. The molecule has 0 unspecified atom stereocenters. The summed E-state index contributed by atoms with van der Waals surface area (Å²) in [4.78, 5) is 8.31. The van der Waals surface area contributed by atoms with Gasteiger partial charge >= 0.3 is 0 Å². The van der Waals surface area contributed by atoms with Crippen molar-refractivity contribution in [2.24, 2.45) is 4.99 Å². The predicted octanol–water partition coefficient (Wildman–Crippen LogP) is 2.31. The van der Waals surface area contributed by atoms with Gasteiger partial charge in [0.25, 0.3) is 0 Å². The molecule has 0 bridgehead atoms. The molecule has 1 aromatic heterocycles. The number of hydrogen-bond acceptors (Lipinski definition) is 4. The fraction of sp³-hybridized carbons (Fsp3) is 0.375. The molecule has 0 spiro atoms. The maximum absolute atomic E-state index is 13.4. The van der Waals surface area contributed by atoms with Crippen LogP contribution in [0.2, 0.25) is 0 Å². The van der Waals surface area contributed by atoms with Crippen LogP contribution in [0.15, 0.2) is 27.6 Å². The predicted molar refractivity (Wildman–Crippen MR) is 86.0 cm³/mol. The number of rotatable bonds is 6. The van der Waals surface area contributed by atoms with Crippen LogP contribution < -0.4 is 15.4 Å². The minimum atomic E-state index is -0.729. The summed E-state index contributed by atoms with van der Waals surface area (Å²) in [6.45, 7) is 4.70. The number of aliphatic imine (C=N–C) groups is 1. The van der Waals surface area contributed by atoms with Crippen LogP contribution in [0.3, 0.4) is 0 Å². The van der Waals surface area contributed by atoms with Gasteiger partial charge in [-0.1, -0.05) is 0 Å². The second kappa shape index (κ2) is 8.28. The number of nitrogens with zero attached hydrogens (tertiary/aromatic N) is 2. The van der Waals surface area contributed by atoms with E-state index in [2.05, 4.69) is 20.6 Å². The molecular weight excluding hydrogens is 318 g/mol. The molecular formula is C16H20F2N4O2. The van der Waals surface area contributed by atoms with Crippen LogP contribution in [-0.4, -0.2) is 31.1 Å². The summed E-state index contributed by atoms with van der Waals surface area (Å²) < 4.78 is 36.9. The first kappa shape index (κ1) is 17.7. The lowest BCUT2D eigenvalue weighted by atomic mass is 10.3. The number of halogens is 2. The van der Waals surface area contributed by atoms with Crippen LogP contribution in [-0.2, 0) is 6.54 Å². The number of nitrogens with one attached hydrogen (secondary N) is 2. The zero-order valence-corrected chi connectivity index (χ0v) is 13.8. The third-order valence-electron chi connectivity index (χ3n) is 3.25. The molecule has 2 N–H and O–H groups in total. The monoisotopic (exact) mass is 338 g/mol. The first-order chi connectivity index (χ1) is 11.5. The van der Waals surface area contributed by atoms with Gasteiger partial charge in [0.2, 0.25) is 5.89 Å². The molecule has 0 atom stereocenters. The third-order valence-corrected chi connectivity index (χ3v) is 3.25. The lowest BCUT2D eigenvalue weighted by Crippen LogP contribution is -2.39. The van der Waals surface area contributed by atoms with Crippen molar-refractivity contribution in [3.8, 4) is 5.75 Å². The molecule has 0 amide bonds. The molecule has 24 heavy (non-hydrogen) atoms. The number of hydrogen-bond donors (Lipinski definition) is 2. The lowest BCUT2D eigenvalue weighted by molar-refractivity contribution is 0.304. The Bertz CT molecular complexity index is 697. The number of oxazole rings is 1. The summed E-state index contributed by atoms with van der Waals surface area (Å²) in [6, 6.07) is 3.18.